The second kappa shape index (κ2) is 6.58. The third-order valence-corrected chi connectivity index (χ3v) is 5.73. The molecule has 1 atom stereocenters. The molecule has 0 radical (unpaired) electrons. The van der Waals surface area contributed by atoms with Gasteiger partial charge in [0.2, 0.25) is 0 Å². The Balaban J connectivity index is 3.03. The molecule has 0 aliphatic rings. The van der Waals surface area contributed by atoms with Crippen LogP contribution in [0.25, 0.3) is 0 Å². The first-order valence-electron chi connectivity index (χ1n) is 6.42. The summed E-state index contributed by atoms with van der Waals surface area (Å²) in [4.78, 5) is 0.224. The van der Waals surface area contributed by atoms with Gasteiger partial charge in [-0.15, -0.1) is 0 Å². The fourth-order valence-electron chi connectivity index (χ4n) is 2.00. The van der Waals surface area contributed by atoms with E-state index in [2.05, 4.69) is 5.32 Å². The van der Waals surface area contributed by atoms with E-state index < -0.39 is 19.7 Å². The lowest BCUT2D eigenvalue weighted by atomic mass is 10.3. The number of rotatable bonds is 7. The van der Waals surface area contributed by atoms with Gasteiger partial charge in [0.1, 0.15) is 9.84 Å². The molecule has 1 aromatic rings. The standard InChI is InChI=1S/C13H21NO4S2/c1-4-9-20(17,18)13-8-6-5-7-12(13)14-11(2)10-19(3,15)16/h5-8,11,14H,4,9-10H2,1-3H3. The van der Waals surface area contributed by atoms with Crippen molar-refractivity contribution < 1.29 is 16.8 Å². The summed E-state index contributed by atoms with van der Waals surface area (Å²) in [7, 11) is -6.46. The highest BCUT2D eigenvalue weighted by atomic mass is 32.2. The first kappa shape index (κ1) is 17.0. The van der Waals surface area contributed by atoms with E-state index in [1.807, 2.05) is 0 Å². The summed E-state index contributed by atoms with van der Waals surface area (Å²) in [6, 6.07) is 6.22. The zero-order chi connectivity index (χ0) is 15.4. The van der Waals surface area contributed by atoms with E-state index >= 15 is 0 Å². The Labute approximate surface area is 121 Å². The number of sulfone groups is 2. The number of benzene rings is 1. The smallest absolute Gasteiger partial charge is 0.180 e. The highest BCUT2D eigenvalue weighted by molar-refractivity contribution is 7.91. The van der Waals surface area contributed by atoms with Crippen molar-refractivity contribution in [2.24, 2.45) is 0 Å². The lowest BCUT2D eigenvalue weighted by Crippen LogP contribution is -2.26. The number of para-hydroxylation sites is 1. The Bertz CT molecular complexity index is 651. The predicted molar refractivity (Wildman–Crippen MR) is 81.6 cm³/mol. The maximum Gasteiger partial charge on any atom is 0.180 e. The molecule has 0 amide bonds. The van der Waals surface area contributed by atoms with Crippen LogP contribution in [0.5, 0.6) is 0 Å². The van der Waals surface area contributed by atoms with Crippen molar-refractivity contribution in [1.29, 1.82) is 0 Å². The van der Waals surface area contributed by atoms with E-state index in [0.717, 1.165) is 6.26 Å². The van der Waals surface area contributed by atoms with Crippen LogP contribution in [0, 0.1) is 0 Å². The second-order valence-corrected chi connectivity index (χ2v) is 9.22. The van der Waals surface area contributed by atoms with Crippen molar-refractivity contribution in [2.45, 2.75) is 31.2 Å². The maximum absolute atomic E-state index is 12.2. The summed E-state index contributed by atoms with van der Waals surface area (Å²) in [5, 5.41) is 2.97. The van der Waals surface area contributed by atoms with Crippen LogP contribution in [-0.2, 0) is 19.7 Å². The highest BCUT2D eigenvalue weighted by Crippen LogP contribution is 2.23. The maximum atomic E-state index is 12.2. The van der Waals surface area contributed by atoms with E-state index in [1.165, 1.54) is 0 Å². The zero-order valence-corrected chi connectivity index (χ0v) is 13.6. The zero-order valence-electron chi connectivity index (χ0n) is 12.0. The third-order valence-electron chi connectivity index (χ3n) is 2.65. The molecule has 1 aromatic carbocycles. The van der Waals surface area contributed by atoms with Crippen molar-refractivity contribution >= 4 is 25.4 Å². The van der Waals surface area contributed by atoms with Gasteiger partial charge in [-0.25, -0.2) is 16.8 Å². The van der Waals surface area contributed by atoms with Gasteiger partial charge in [0, 0.05) is 12.3 Å². The van der Waals surface area contributed by atoms with Crippen molar-refractivity contribution in [2.75, 3.05) is 23.1 Å². The predicted octanol–water partition coefficient (Wildman–Crippen LogP) is 1.72. The normalized spacial score (nSPS) is 13.9. The molecule has 0 aliphatic heterocycles. The van der Waals surface area contributed by atoms with Gasteiger partial charge in [-0.05, 0) is 25.5 Å². The topological polar surface area (TPSA) is 80.3 Å². The largest absolute Gasteiger partial charge is 0.381 e. The van der Waals surface area contributed by atoms with Gasteiger partial charge >= 0.3 is 0 Å². The first-order valence-corrected chi connectivity index (χ1v) is 10.1. The molecular formula is C13H21NO4S2. The molecule has 0 saturated carbocycles. The first-order chi connectivity index (χ1) is 9.15. The minimum absolute atomic E-state index is 0.0465. The molecule has 0 bridgehead atoms. The minimum Gasteiger partial charge on any atom is -0.381 e. The number of nitrogens with one attached hydrogen (secondary N) is 1. The highest BCUT2D eigenvalue weighted by Gasteiger charge is 2.19. The van der Waals surface area contributed by atoms with Crippen LogP contribution in [-0.4, -0.2) is 40.6 Å². The third kappa shape index (κ3) is 5.13. The van der Waals surface area contributed by atoms with E-state index in [0.29, 0.717) is 12.1 Å². The molecule has 1 N–H and O–H groups in total. The van der Waals surface area contributed by atoms with Gasteiger partial charge in [-0.3, -0.25) is 0 Å². The molecule has 1 rings (SSSR count). The molecule has 0 aromatic heterocycles. The molecule has 5 nitrogen and oxygen atoms in total. The average molecular weight is 319 g/mol. The molecular weight excluding hydrogens is 298 g/mol. The number of anilines is 1. The summed E-state index contributed by atoms with van der Waals surface area (Å²) in [6.45, 7) is 3.52. The molecule has 0 aliphatic carbocycles. The van der Waals surface area contributed by atoms with Gasteiger partial charge in [0.25, 0.3) is 0 Å². The van der Waals surface area contributed by atoms with Crippen molar-refractivity contribution in [3.05, 3.63) is 24.3 Å². The summed E-state index contributed by atoms with van der Waals surface area (Å²) < 4.78 is 46.8. The van der Waals surface area contributed by atoms with Crippen LogP contribution >= 0.6 is 0 Å². The molecule has 20 heavy (non-hydrogen) atoms. The van der Waals surface area contributed by atoms with Gasteiger partial charge < -0.3 is 5.32 Å². The Morgan fingerprint density at radius 3 is 2.30 bits per heavy atom. The minimum atomic E-state index is -3.34. The summed E-state index contributed by atoms with van der Waals surface area (Å²) in [5.41, 5.74) is 0.456. The van der Waals surface area contributed by atoms with Gasteiger partial charge in [-0.1, -0.05) is 19.1 Å². The monoisotopic (exact) mass is 319 g/mol. The average Bonchev–Trinajstić information content (AvgIpc) is 2.26. The van der Waals surface area contributed by atoms with Crippen LogP contribution in [0.2, 0.25) is 0 Å². The number of hydrogen-bond acceptors (Lipinski definition) is 5. The Morgan fingerprint density at radius 2 is 1.75 bits per heavy atom. The Kier molecular flexibility index (Phi) is 5.59. The summed E-state index contributed by atoms with van der Waals surface area (Å²) in [6.07, 6.45) is 1.69. The molecule has 7 heteroatoms. The van der Waals surface area contributed by atoms with E-state index in [-0.39, 0.29) is 22.4 Å². The van der Waals surface area contributed by atoms with Gasteiger partial charge in [0.15, 0.2) is 9.84 Å². The molecule has 114 valence electrons. The fourth-order valence-corrected chi connectivity index (χ4v) is 4.49. The van der Waals surface area contributed by atoms with Crippen molar-refractivity contribution in [3.63, 3.8) is 0 Å². The SMILES string of the molecule is CCCS(=O)(=O)c1ccccc1NC(C)CS(C)(=O)=O. The molecule has 0 fully saturated rings. The molecule has 0 spiro atoms. The van der Waals surface area contributed by atoms with E-state index in [1.54, 1.807) is 38.1 Å². The quantitative estimate of drug-likeness (QED) is 0.827. The summed E-state index contributed by atoms with van der Waals surface area (Å²) in [5.74, 6) is 0.0291. The van der Waals surface area contributed by atoms with E-state index in [9.17, 15) is 16.8 Å². The van der Waals surface area contributed by atoms with Crippen molar-refractivity contribution in [3.8, 4) is 0 Å². The van der Waals surface area contributed by atoms with Gasteiger partial charge in [-0.2, -0.15) is 0 Å². The molecule has 0 saturated heterocycles. The van der Waals surface area contributed by atoms with E-state index in [4.69, 9.17) is 0 Å². The van der Waals surface area contributed by atoms with Crippen LogP contribution < -0.4 is 5.32 Å². The Morgan fingerprint density at radius 1 is 1.15 bits per heavy atom. The number of hydrogen-bond donors (Lipinski definition) is 1. The fraction of sp³-hybridized carbons (Fsp3) is 0.538. The second-order valence-electron chi connectivity index (χ2n) is 4.95. The van der Waals surface area contributed by atoms with Crippen LogP contribution in [0.15, 0.2) is 29.2 Å². The lowest BCUT2D eigenvalue weighted by Gasteiger charge is -2.17. The van der Waals surface area contributed by atoms with Crippen LogP contribution in [0.1, 0.15) is 20.3 Å². The molecule has 0 heterocycles. The van der Waals surface area contributed by atoms with Crippen LogP contribution in [0.4, 0.5) is 5.69 Å². The van der Waals surface area contributed by atoms with Crippen LogP contribution in [0.3, 0.4) is 0 Å². The lowest BCUT2D eigenvalue weighted by molar-refractivity contribution is 0.595. The van der Waals surface area contributed by atoms with Gasteiger partial charge in [0.05, 0.1) is 22.1 Å². The molecule has 1 unspecified atom stereocenters. The Hall–Kier alpha value is -1.08. The summed E-state index contributed by atoms with van der Waals surface area (Å²) >= 11 is 0. The van der Waals surface area contributed by atoms with Crippen molar-refractivity contribution in [1.82, 2.24) is 0 Å².